The third-order valence-corrected chi connectivity index (χ3v) is 5.14. The fourth-order valence-electron chi connectivity index (χ4n) is 3.09. The first kappa shape index (κ1) is 19.1. The Morgan fingerprint density at radius 2 is 1.83 bits per heavy atom. The molecule has 0 aliphatic carbocycles. The normalized spacial score (nSPS) is 10.8. The van der Waals surface area contributed by atoms with Gasteiger partial charge in [0.05, 0.1) is 16.6 Å². The Morgan fingerprint density at radius 3 is 2.59 bits per heavy atom. The van der Waals surface area contributed by atoms with Crippen molar-refractivity contribution in [2.75, 3.05) is 5.32 Å². The number of aromatic nitrogens is 2. The Balaban J connectivity index is 1.75. The fourth-order valence-corrected chi connectivity index (χ4v) is 3.56. The zero-order chi connectivity index (χ0) is 20.5. The van der Waals surface area contributed by atoms with E-state index in [2.05, 4.69) is 10.3 Å². The van der Waals surface area contributed by atoms with Crippen LogP contribution in [0.25, 0.3) is 16.6 Å². The minimum absolute atomic E-state index is 0.243. The predicted molar refractivity (Wildman–Crippen MR) is 119 cm³/mol. The van der Waals surface area contributed by atoms with Crippen molar-refractivity contribution in [2.24, 2.45) is 0 Å². The van der Waals surface area contributed by atoms with Crippen LogP contribution >= 0.6 is 23.8 Å². The van der Waals surface area contributed by atoms with E-state index in [-0.39, 0.29) is 16.2 Å². The second-order valence-corrected chi connectivity index (χ2v) is 7.40. The first-order chi connectivity index (χ1) is 13.9. The molecule has 4 aromatic rings. The predicted octanol–water partition coefficient (Wildman–Crippen LogP) is 5.26. The van der Waals surface area contributed by atoms with Crippen molar-refractivity contribution in [1.82, 2.24) is 9.55 Å². The van der Waals surface area contributed by atoms with Crippen LogP contribution < -0.4 is 10.9 Å². The summed E-state index contributed by atoms with van der Waals surface area (Å²) in [5.41, 5.74) is 2.87. The molecular weight excluding hydrogens is 406 g/mol. The van der Waals surface area contributed by atoms with Gasteiger partial charge in [0.2, 0.25) is 0 Å². The van der Waals surface area contributed by atoms with Crippen LogP contribution in [0.3, 0.4) is 0 Å². The van der Waals surface area contributed by atoms with Gasteiger partial charge in [-0.1, -0.05) is 35.9 Å². The van der Waals surface area contributed by atoms with Crippen molar-refractivity contribution in [2.45, 2.75) is 6.92 Å². The van der Waals surface area contributed by atoms with Crippen molar-refractivity contribution in [3.05, 3.63) is 98.0 Å². The Kier molecular flexibility index (Phi) is 5.05. The van der Waals surface area contributed by atoms with E-state index in [1.165, 1.54) is 4.57 Å². The molecule has 0 radical (unpaired) electrons. The molecule has 5 nitrogen and oxygen atoms in total. The molecular formula is C22H16ClN3O2S. The van der Waals surface area contributed by atoms with Gasteiger partial charge in [0, 0.05) is 16.3 Å². The van der Waals surface area contributed by atoms with Crippen LogP contribution in [0.15, 0.2) is 71.5 Å². The number of rotatable bonds is 3. The number of nitrogens with one attached hydrogen (secondary N) is 2. The van der Waals surface area contributed by atoms with Crippen LogP contribution in [-0.2, 0) is 0 Å². The quantitative estimate of drug-likeness (QED) is 0.443. The van der Waals surface area contributed by atoms with Crippen LogP contribution in [0, 0.1) is 11.7 Å². The van der Waals surface area contributed by atoms with E-state index in [0.717, 1.165) is 5.56 Å². The largest absolute Gasteiger partial charge is 0.331 e. The van der Waals surface area contributed by atoms with E-state index in [0.29, 0.717) is 32.9 Å². The summed E-state index contributed by atoms with van der Waals surface area (Å²) in [5.74, 6) is -0.302. The molecule has 4 rings (SSSR count). The molecule has 0 aliphatic rings. The number of nitrogens with zero attached hydrogens (tertiary/aromatic N) is 1. The van der Waals surface area contributed by atoms with Crippen LogP contribution in [-0.4, -0.2) is 15.5 Å². The summed E-state index contributed by atoms with van der Waals surface area (Å²) >= 11 is 11.4. The summed E-state index contributed by atoms with van der Waals surface area (Å²) in [6.07, 6.45) is 0. The molecule has 0 spiro atoms. The van der Waals surface area contributed by atoms with Gasteiger partial charge in [0.15, 0.2) is 4.77 Å². The lowest BCUT2D eigenvalue weighted by molar-refractivity contribution is 0.102. The molecule has 0 unspecified atom stereocenters. The number of aromatic amines is 1. The molecule has 2 N–H and O–H groups in total. The SMILES string of the molecule is Cc1ccc(Cl)cc1NC(=O)c1ccc2c(=O)n(-c3ccccc3)c(=S)[nH]c2c1. The van der Waals surface area contributed by atoms with Crippen LogP contribution in [0.1, 0.15) is 15.9 Å². The number of amides is 1. The smallest absolute Gasteiger partial charge is 0.266 e. The zero-order valence-electron chi connectivity index (χ0n) is 15.4. The van der Waals surface area contributed by atoms with E-state index in [1.807, 2.05) is 43.3 Å². The second-order valence-electron chi connectivity index (χ2n) is 6.58. The van der Waals surface area contributed by atoms with Gasteiger partial charge in [-0.2, -0.15) is 0 Å². The van der Waals surface area contributed by atoms with E-state index >= 15 is 0 Å². The topological polar surface area (TPSA) is 66.9 Å². The van der Waals surface area contributed by atoms with Crippen molar-refractivity contribution in [3.63, 3.8) is 0 Å². The summed E-state index contributed by atoms with van der Waals surface area (Å²) in [5, 5.41) is 3.83. The number of hydrogen-bond donors (Lipinski definition) is 2. The molecule has 144 valence electrons. The highest BCUT2D eigenvalue weighted by molar-refractivity contribution is 7.71. The Labute approximate surface area is 176 Å². The van der Waals surface area contributed by atoms with Crippen molar-refractivity contribution in [1.29, 1.82) is 0 Å². The average Bonchev–Trinajstić information content (AvgIpc) is 2.71. The van der Waals surface area contributed by atoms with Gasteiger partial charge in [-0.05, 0) is 67.2 Å². The first-order valence-electron chi connectivity index (χ1n) is 8.86. The lowest BCUT2D eigenvalue weighted by atomic mass is 10.1. The molecule has 1 amide bonds. The van der Waals surface area contributed by atoms with Crippen LogP contribution in [0.5, 0.6) is 0 Å². The number of anilines is 1. The summed E-state index contributed by atoms with van der Waals surface area (Å²) in [6.45, 7) is 1.88. The lowest BCUT2D eigenvalue weighted by Gasteiger charge is -2.11. The van der Waals surface area contributed by atoms with Gasteiger partial charge >= 0.3 is 0 Å². The lowest BCUT2D eigenvalue weighted by Crippen LogP contribution is -2.21. The van der Waals surface area contributed by atoms with E-state index in [4.69, 9.17) is 23.8 Å². The maximum atomic E-state index is 13.0. The molecule has 0 fully saturated rings. The van der Waals surface area contributed by atoms with Gasteiger partial charge in [-0.25, -0.2) is 0 Å². The Morgan fingerprint density at radius 1 is 1.07 bits per heavy atom. The van der Waals surface area contributed by atoms with Gasteiger partial charge < -0.3 is 10.3 Å². The third-order valence-electron chi connectivity index (χ3n) is 4.62. The Hall–Kier alpha value is -3.22. The Bertz CT molecular complexity index is 1360. The molecule has 0 saturated carbocycles. The third kappa shape index (κ3) is 3.72. The minimum Gasteiger partial charge on any atom is -0.331 e. The van der Waals surface area contributed by atoms with Crippen LogP contribution in [0.4, 0.5) is 5.69 Å². The van der Waals surface area contributed by atoms with Gasteiger partial charge in [0.25, 0.3) is 11.5 Å². The van der Waals surface area contributed by atoms with Gasteiger partial charge in [0.1, 0.15) is 0 Å². The average molecular weight is 422 g/mol. The molecule has 3 aromatic carbocycles. The molecule has 29 heavy (non-hydrogen) atoms. The molecule has 1 aromatic heterocycles. The van der Waals surface area contributed by atoms with E-state index in [1.54, 1.807) is 30.3 Å². The number of carbonyl (C=O) groups is 1. The van der Waals surface area contributed by atoms with Crippen molar-refractivity contribution in [3.8, 4) is 5.69 Å². The number of H-pyrrole nitrogens is 1. The highest BCUT2D eigenvalue weighted by Crippen LogP contribution is 2.21. The highest BCUT2D eigenvalue weighted by Gasteiger charge is 2.12. The van der Waals surface area contributed by atoms with E-state index < -0.39 is 0 Å². The standard InChI is InChI=1S/C22H16ClN3O2S/c1-13-7-9-15(23)12-18(13)24-20(27)14-8-10-17-19(11-14)25-22(29)26(21(17)28)16-5-3-2-4-6-16/h2-12H,1H3,(H,24,27)(H,25,29). The molecule has 0 atom stereocenters. The monoisotopic (exact) mass is 421 g/mol. The van der Waals surface area contributed by atoms with Crippen molar-refractivity contribution < 1.29 is 4.79 Å². The van der Waals surface area contributed by atoms with Crippen molar-refractivity contribution >= 4 is 46.3 Å². The maximum absolute atomic E-state index is 13.0. The number of fused-ring (bicyclic) bond motifs is 1. The summed E-state index contributed by atoms with van der Waals surface area (Å²) < 4.78 is 1.70. The number of hydrogen-bond acceptors (Lipinski definition) is 3. The van der Waals surface area contributed by atoms with Gasteiger partial charge in [-0.15, -0.1) is 0 Å². The molecule has 0 bridgehead atoms. The molecule has 0 saturated heterocycles. The zero-order valence-corrected chi connectivity index (χ0v) is 17.0. The molecule has 0 aliphatic heterocycles. The van der Waals surface area contributed by atoms with Crippen LogP contribution in [0.2, 0.25) is 5.02 Å². The number of benzene rings is 3. The maximum Gasteiger partial charge on any atom is 0.266 e. The number of carbonyl (C=O) groups excluding carboxylic acids is 1. The first-order valence-corrected chi connectivity index (χ1v) is 9.65. The number of aryl methyl sites for hydroxylation is 1. The summed E-state index contributed by atoms with van der Waals surface area (Å²) in [7, 11) is 0. The second kappa shape index (κ2) is 7.66. The molecule has 1 heterocycles. The molecule has 7 heteroatoms. The number of halogens is 1. The minimum atomic E-state index is -0.302. The van der Waals surface area contributed by atoms with Gasteiger partial charge in [-0.3, -0.25) is 14.2 Å². The fraction of sp³-hybridized carbons (Fsp3) is 0.0455. The van der Waals surface area contributed by atoms with E-state index in [9.17, 15) is 9.59 Å². The summed E-state index contributed by atoms with van der Waals surface area (Å²) in [6, 6.07) is 19.3. The number of para-hydroxylation sites is 1. The highest BCUT2D eigenvalue weighted by atomic mass is 35.5. The summed E-state index contributed by atoms with van der Waals surface area (Å²) in [4.78, 5) is 28.7.